The fraction of sp³-hybridized carbons (Fsp3) is 0.714. The number of likely N-dealkylation sites (tertiary alicyclic amines) is 1. The molecule has 1 saturated heterocycles. The lowest BCUT2D eigenvalue weighted by atomic mass is 10.0. The summed E-state index contributed by atoms with van der Waals surface area (Å²) in [4.78, 5) is 22.3. The minimum atomic E-state index is -1.00. The molecule has 1 rings (SSSR count). The SMILES string of the molecule is C[C@@]1(C=O)CCCN1C(=O)O. The van der Waals surface area contributed by atoms with Crippen molar-refractivity contribution in [1.82, 2.24) is 4.90 Å². The fourth-order valence-corrected chi connectivity index (χ4v) is 1.42. The predicted molar refractivity (Wildman–Crippen MR) is 38.4 cm³/mol. The number of rotatable bonds is 1. The van der Waals surface area contributed by atoms with Crippen LogP contribution in [0.4, 0.5) is 4.79 Å². The molecule has 4 nitrogen and oxygen atoms in total. The van der Waals surface area contributed by atoms with Crippen LogP contribution in [0.5, 0.6) is 0 Å². The van der Waals surface area contributed by atoms with Crippen LogP contribution in [0.3, 0.4) is 0 Å². The molecule has 1 N–H and O–H groups in total. The zero-order valence-corrected chi connectivity index (χ0v) is 6.41. The highest BCUT2D eigenvalue weighted by Crippen LogP contribution is 2.26. The summed E-state index contributed by atoms with van der Waals surface area (Å²) in [6.45, 7) is 2.13. The number of carboxylic acid groups (broad SMARTS) is 1. The van der Waals surface area contributed by atoms with E-state index in [0.717, 1.165) is 6.42 Å². The highest BCUT2D eigenvalue weighted by Gasteiger charge is 2.39. The molecule has 1 aliphatic rings. The molecule has 4 heteroatoms. The Labute approximate surface area is 64.8 Å². The van der Waals surface area contributed by atoms with E-state index in [9.17, 15) is 9.59 Å². The molecule has 1 heterocycles. The van der Waals surface area contributed by atoms with E-state index in [0.29, 0.717) is 19.3 Å². The molecule has 0 aromatic heterocycles. The Morgan fingerprint density at radius 3 is 2.73 bits per heavy atom. The third kappa shape index (κ3) is 1.20. The summed E-state index contributed by atoms with van der Waals surface area (Å²) < 4.78 is 0. The van der Waals surface area contributed by atoms with Gasteiger partial charge < -0.3 is 9.90 Å². The van der Waals surface area contributed by atoms with E-state index in [1.807, 2.05) is 0 Å². The molecule has 1 atom stereocenters. The molecule has 0 aliphatic carbocycles. The lowest BCUT2D eigenvalue weighted by Gasteiger charge is -2.26. The summed E-state index contributed by atoms with van der Waals surface area (Å²) >= 11 is 0. The van der Waals surface area contributed by atoms with Crippen molar-refractivity contribution >= 4 is 12.4 Å². The largest absolute Gasteiger partial charge is 0.465 e. The summed E-state index contributed by atoms with van der Waals surface area (Å²) in [6, 6.07) is 0. The third-order valence-electron chi connectivity index (χ3n) is 2.17. The highest BCUT2D eigenvalue weighted by atomic mass is 16.4. The van der Waals surface area contributed by atoms with Crippen molar-refractivity contribution in [2.75, 3.05) is 6.54 Å². The predicted octanol–water partition coefficient (Wildman–Crippen LogP) is 0.718. The lowest BCUT2D eigenvalue weighted by molar-refractivity contribution is -0.115. The third-order valence-corrected chi connectivity index (χ3v) is 2.17. The Hall–Kier alpha value is -1.06. The Balaban J connectivity index is 2.80. The second kappa shape index (κ2) is 2.53. The van der Waals surface area contributed by atoms with Crippen molar-refractivity contribution in [3.8, 4) is 0 Å². The molecule has 1 aliphatic heterocycles. The average molecular weight is 157 g/mol. The van der Waals surface area contributed by atoms with Crippen LogP contribution in [0.1, 0.15) is 19.8 Å². The number of amides is 1. The van der Waals surface area contributed by atoms with E-state index < -0.39 is 11.6 Å². The van der Waals surface area contributed by atoms with Gasteiger partial charge >= 0.3 is 6.09 Å². The van der Waals surface area contributed by atoms with E-state index in [1.54, 1.807) is 6.92 Å². The van der Waals surface area contributed by atoms with E-state index in [1.165, 1.54) is 4.90 Å². The molecule has 1 fully saturated rings. The lowest BCUT2D eigenvalue weighted by Crippen LogP contribution is -2.45. The Morgan fingerprint density at radius 1 is 1.73 bits per heavy atom. The molecule has 0 unspecified atom stereocenters. The normalized spacial score (nSPS) is 30.5. The maximum absolute atomic E-state index is 10.5. The van der Waals surface area contributed by atoms with Gasteiger partial charge in [0.05, 0.1) is 5.54 Å². The first kappa shape index (κ1) is 8.04. The molecule has 0 radical (unpaired) electrons. The first-order valence-corrected chi connectivity index (χ1v) is 3.57. The maximum Gasteiger partial charge on any atom is 0.408 e. The molecular weight excluding hydrogens is 146 g/mol. The summed E-state index contributed by atoms with van der Waals surface area (Å²) in [5.74, 6) is 0. The monoisotopic (exact) mass is 157 g/mol. The molecular formula is C7H11NO3. The van der Waals surface area contributed by atoms with Crippen LogP contribution in [0.2, 0.25) is 0 Å². The maximum atomic E-state index is 10.5. The van der Waals surface area contributed by atoms with Crippen LogP contribution in [0.15, 0.2) is 0 Å². The number of hydrogen-bond acceptors (Lipinski definition) is 2. The second-order valence-electron chi connectivity index (χ2n) is 3.01. The molecule has 1 amide bonds. The minimum absolute atomic E-state index is 0.477. The van der Waals surface area contributed by atoms with Crippen molar-refractivity contribution in [3.05, 3.63) is 0 Å². The Kier molecular flexibility index (Phi) is 1.85. The van der Waals surface area contributed by atoms with Crippen LogP contribution in [-0.2, 0) is 4.79 Å². The van der Waals surface area contributed by atoms with Crippen molar-refractivity contribution in [3.63, 3.8) is 0 Å². The second-order valence-corrected chi connectivity index (χ2v) is 3.01. The number of nitrogens with zero attached hydrogens (tertiary/aromatic N) is 1. The van der Waals surface area contributed by atoms with E-state index in [-0.39, 0.29) is 0 Å². The van der Waals surface area contributed by atoms with Gasteiger partial charge in [-0.1, -0.05) is 0 Å². The number of aldehydes is 1. The van der Waals surface area contributed by atoms with Gasteiger partial charge in [0, 0.05) is 6.54 Å². The van der Waals surface area contributed by atoms with Gasteiger partial charge in [-0.2, -0.15) is 0 Å². The molecule has 0 spiro atoms. The molecule has 0 saturated carbocycles. The number of carbonyl (C=O) groups excluding carboxylic acids is 1. The van der Waals surface area contributed by atoms with Gasteiger partial charge in [-0.15, -0.1) is 0 Å². The van der Waals surface area contributed by atoms with Crippen LogP contribution in [-0.4, -0.2) is 34.5 Å². The number of hydrogen-bond donors (Lipinski definition) is 1. The average Bonchev–Trinajstić information content (AvgIpc) is 2.32. The van der Waals surface area contributed by atoms with Crippen molar-refractivity contribution < 1.29 is 14.7 Å². The van der Waals surface area contributed by atoms with Gasteiger partial charge in [0.1, 0.15) is 6.29 Å². The summed E-state index contributed by atoms with van der Waals surface area (Å²) in [5, 5.41) is 8.65. The van der Waals surface area contributed by atoms with Gasteiger partial charge in [-0.25, -0.2) is 4.79 Å². The van der Waals surface area contributed by atoms with Crippen molar-refractivity contribution in [1.29, 1.82) is 0 Å². The fourth-order valence-electron chi connectivity index (χ4n) is 1.42. The molecule has 0 aromatic rings. The first-order valence-electron chi connectivity index (χ1n) is 3.57. The standard InChI is InChI=1S/C7H11NO3/c1-7(5-9)3-2-4-8(7)6(10)11/h5H,2-4H2,1H3,(H,10,11)/t7-/m0/s1. The van der Waals surface area contributed by atoms with Crippen LogP contribution in [0, 0.1) is 0 Å². The first-order chi connectivity index (χ1) is 5.10. The zero-order valence-electron chi connectivity index (χ0n) is 6.41. The van der Waals surface area contributed by atoms with Crippen molar-refractivity contribution in [2.24, 2.45) is 0 Å². The summed E-state index contributed by atoms with van der Waals surface area (Å²) in [7, 11) is 0. The molecule has 0 aromatic carbocycles. The molecule has 11 heavy (non-hydrogen) atoms. The van der Waals surface area contributed by atoms with Gasteiger partial charge in [-0.3, -0.25) is 4.90 Å². The Morgan fingerprint density at radius 2 is 2.36 bits per heavy atom. The molecule has 62 valence electrons. The summed E-state index contributed by atoms with van der Waals surface area (Å²) in [6.07, 6.45) is 1.13. The van der Waals surface area contributed by atoms with Crippen LogP contribution < -0.4 is 0 Å². The van der Waals surface area contributed by atoms with Crippen molar-refractivity contribution in [2.45, 2.75) is 25.3 Å². The summed E-state index contributed by atoms with van der Waals surface area (Å²) in [5.41, 5.74) is -0.772. The van der Waals surface area contributed by atoms with E-state index >= 15 is 0 Å². The van der Waals surface area contributed by atoms with Gasteiger partial charge in [-0.05, 0) is 19.8 Å². The number of carbonyl (C=O) groups is 2. The van der Waals surface area contributed by atoms with Gasteiger partial charge in [0.25, 0.3) is 0 Å². The van der Waals surface area contributed by atoms with Crippen LogP contribution >= 0.6 is 0 Å². The quantitative estimate of drug-likeness (QED) is 0.570. The van der Waals surface area contributed by atoms with Gasteiger partial charge in [0.2, 0.25) is 0 Å². The topological polar surface area (TPSA) is 57.6 Å². The molecule has 0 bridgehead atoms. The minimum Gasteiger partial charge on any atom is -0.465 e. The Bertz CT molecular complexity index is 192. The zero-order chi connectivity index (χ0) is 8.48. The smallest absolute Gasteiger partial charge is 0.408 e. The van der Waals surface area contributed by atoms with E-state index in [2.05, 4.69) is 0 Å². The van der Waals surface area contributed by atoms with Crippen LogP contribution in [0.25, 0.3) is 0 Å². The van der Waals surface area contributed by atoms with Gasteiger partial charge in [0.15, 0.2) is 0 Å². The van der Waals surface area contributed by atoms with E-state index in [4.69, 9.17) is 5.11 Å². The highest BCUT2D eigenvalue weighted by molar-refractivity contribution is 5.75.